The maximum absolute atomic E-state index is 13.8. The number of esters is 1. The Bertz CT molecular complexity index is 1100. The van der Waals surface area contributed by atoms with Crippen molar-refractivity contribution >= 4 is 17.5 Å². The molecule has 0 aliphatic carbocycles. The third-order valence-electron chi connectivity index (χ3n) is 9.09. The van der Waals surface area contributed by atoms with E-state index in [1.54, 1.807) is 43.2 Å². The maximum atomic E-state index is 13.8. The lowest BCUT2D eigenvalue weighted by Gasteiger charge is -2.40. The van der Waals surface area contributed by atoms with Crippen molar-refractivity contribution in [3.8, 4) is 0 Å². The summed E-state index contributed by atoms with van der Waals surface area (Å²) in [4.78, 5) is 47.2. The first-order valence-corrected chi connectivity index (χ1v) is 15.8. The van der Waals surface area contributed by atoms with Crippen LogP contribution in [0.2, 0.25) is 0 Å². The molecule has 0 saturated carbocycles. The van der Waals surface area contributed by atoms with Crippen LogP contribution in [0.4, 0.5) is 0 Å². The van der Waals surface area contributed by atoms with Gasteiger partial charge in [-0.3, -0.25) is 14.4 Å². The topological polar surface area (TPSA) is 109 Å². The van der Waals surface area contributed by atoms with Gasteiger partial charge in [-0.1, -0.05) is 27.7 Å². The van der Waals surface area contributed by atoms with Crippen molar-refractivity contribution in [3.05, 3.63) is 30.4 Å². The van der Waals surface area contributed by atoms with Crippen LogP contribution in [0.3, 0.4) is 0 Å². The number of ketones is 2. The second-order valence-electron chi connectivity index (χ2n) is 12.9. The molecule has 0 amide bonds. The Morgan fingerprint density at radius 2 is 1.79 bits per heavy atom. The number of aromatic nitrogens is 2. The number of nitrogens with zero attached hydrogens (tertiary/aromatic N) is 3. The second-order valence-corrected chi connectivity index (χ2v) is 12.9. The van der Waals surface area contributed by atoms with Crippen LogP contribution in [0.15, 0.2) is 30.4 Å². The van der Waals surface area contributed by atoms with Crippen LogP contribution >= 0.6 is 0 Å². The summed E-state index contributed by atoms with van der Waals surface area (Å²) in [6.07, 6.45) is 6.50. The normalized spacial score (nSPS) is 37.4. The van der Waals surface area contributed by atoms with E-state index in [0.29, 0.717) is 24.8 Å². The molecule has 43 heavy (non-hydrogen) atoms. The molecule has 3 rings (SSSR count). The minimum atomic E-state index is -0.998. The quantitative estimate of drug-likeness (QED) is 0.315. The van der Waals surface area contributed by atoms with E-state index in [-0.39, 0.29) is 35.5 Å². The van der Waals surface area contributed by atoms with Crippen molar-refractivity contribution in [1.82, 2.24) is 14.5 Å². The van der Waals surface area contributed by atoms with E-state index in [1.165, 1.54) is 0 Å². The highest BCUT2D eigenvalue weighted by molar-refractivity contribution is 6.00. The zero-order chi connectivity index (χ0) is 32.0. The first-order valence-electron chi connectivity index (χ1n) is 15.8. The molecule has 1 fully saturated rings. The van der Waals surface area contributed by atoms with E-state index in [9.17, 15) is 14.4 Å². The smallest absolute Gasteiger partial charge is 0.316 e. The molecule has 11 atom stereocenters. The monoisotopic (exact) mass is 603 g/mol. The molecule has 10 heteroatoms. The molecule has 0 spiro atoms. The molecule has 1 saturated heterocycles. The Morgan fingerprint density at radius 1 is 1.09 bits per heavy atom. The Morgan fingerprint density at radius 3 is 2.40 bits per heavy atom. The fraction of sp³-hybridized carbons (Fsp3) is 0.758. The number of allylic oxidation sites excluding steroid dienone is 1. The number of imidazole rings is 1. The van der Waals surface area contributed by atoms with E-state index in [2.05, 4.69) is 9.88 Å². The molecule has 3 heterocycles. The fourth-order valence-corrected chi connectivity index (χ4v) is 6.34. The number of Topliss-reactive ketones (excluding diaryl/α,β-unsaturated/α-hetero) is 2. The molecule has 0 bridgehead atoms. The van der Waals surface area contributed by atoms with Crippen LogP contribution in [0.25, 0.3) is 0 Å². The van der Waals surface area contributed by atoms with Crippen molar-refractivity contribution in [1.29, 1.82) is 0 Å². The minimum absolute atomic E-state index is 0.00537. The summed E-state index contributed by atoms with van der Waals surface area (Å²) in [5.74, 6) is -2.99. The largest absolute Gasteiger partial charge is 0.459 e. The number of ether oxygens (including phenoxy) is 4. The number of hydrogen-bond acceptors (Lipinski definition) is 9. The van der Waals surface area contributed by atoms with Gasteiger partial charge in [0, 0.05) is 36.7 Å². The Kier molecular flexibility index (Phi) is 12.7. The number of hydrogen-bond donors (Lipinski definition) is 0. The van der Waals surface area contributed by atoms with Gasteiger partial charge in [-0.25, -0.2) is 4.98 Å². The molecule has 10 nitrogen and oxygen atoms in total. The van der Waals surface area contributed by atoms with E-state index in [1.807, 2.05) is 55.6 Å². The lowest BCUT2D eigenvalue weighted by molar-refractivity contribution is -0.236. The lowest BCUT2D eigenvalue weighted by atomic mass is 9.80. The molecule has 1 aromatic heterocycles. The highest BCUT2D eigenvalue weighted by Crippen LogP contribution is 2.33. The molecule has 2 aliphatic heterocycles. The molecule has 2 aliphatic rings. The fourth-order valence-electron chi connectivity index (χ4n) is 6.34. The number of cyclic esters (lactones) is 1. The van der Waals surface area contributed by atoms with E-state index in [4.69, 9.17) is 18.9 Å². The Hall–Kier alpha value is -2.40. The second kappa shape index (κ2) is 15.5. The van der Waals surface area contributed by atoms with Gasteiger partial charge in [0.05, 0.1) is 18.5 Å². The van der Waals surface area contributed by atoms with Gasteiger partial charge in [0.2, 0.25) is 0 Å². The zero-order valence-electron chi connectivity index (χ0n) is 27.7. The van der Waals surface area contributed by atoms with E-state index < -0.39 is 48.6 Å². The number of rotatable bonds is 7. The maximum Gasteiger partial charge on any atom is 0.316 e. The first-order chi connectivity index (χ1) is 20.2. The SMILES string of the molecule is CC[C@H]1OC(=O)[C@H](C)C(=O)[C@H](C)[C@@H](O[C@H]2C[C@@H](N(C)C)C[C@@H](C)O2)[C@@H](C)C[C@@H](C)C(=O)/C(C)=C/[C@@H]1OC(C)n1ccnc1. The molecular weight excluding hydrogens is 550 g/mol. The third kappa shape index (κ3) is 9.06. The minimum Gasteiger partial charge on any atom is -0.459 e. The van der Waals surface area contributed by atoms with Crippen molar-refractivity contribution in [2.75, 3.05) is 14.1 Å². The third-order valence-corrected chi connectivity index (χ3v) is 9.09. The Labute approximate surface area is 257 Å². The average Bonchev–Trinajstić information content (AvgIpc) is 3.51. The summed E-state index contributed by atoms with van der Waals surface area (Å²) < 4.78 is 26.8. The van der Waals surface area contributed by atoms with Crippen LogP contribution in [-0.4, -0.2) is 82.8 Å². The van der Waals surface area contributed by atoms with Gasteiger partial charge >= 0.3 is 5.97 Å². The summed E-state index contributed by atoms with van der Waals surface area (Å²) in [7, 11) is 4.09. The van der Waals surface area contributed by atoms with Gasteiger partial charge in [-0.05, 0) is 78.6 Å². The van der Waals surface area contributed by atoms with Crippen molar-refractivity contribution in [2.45, 2.75) is 124 Å². The number of carbonyl (C=O) groups is 3. The summed E-state index contributed by atoms with van der Waals surface area (Å²) in [6.45, 7) is 14.9. The highest BCUT2D eigenvalue weighted by atomic mass is 16.7. The van der Waals surface area contributed by atoms with Gasteiger partial charge in [-0.15, -0.1) is 0 Å². The molecule has 0 radical (unpaired) electrons. The van der Waals surface area contributed by atoms with Crippen molar-refractivity contribution in [2.24, 2.45) is 23.7 Å². The predicted octanol–water partition coefficient (Wildman–Crippen LogP) is 4.98. The van der Waals surface area contributed by atoms with Gasteiger partial charge in [0.25, 0.3) is 0 Å². The summed E-state index contributed by atoms with van der Waals surface area (Å²) in [5.41, 5.74) is 0.544. The van der Waals surface area contributed by atoms with Gasteiger partial charge in [0.1, 0.15) is 24.4 Å². The number of carbonyl (C=O) groups excluding carboxylic acids is 3. The van der Waals surface area contributed by atoms with Crippen molar-refractivity contribution in [3.63, 3.8) is 0 Å². The van der Waals surface area contributed by atoms with Crippen LogP contribution < -0.4 is 0 Å². The van der Waals surface area contributed by atoms with E-state index in [0.717, 1.165) is 6.42 Å². The summed E-state index contributed by atoms with van der Waals surface area (Å²) in [5, 5.41) is 0. The van der Waals surface area contributed by atoms with Gasteiger partial charge in [0.15, 0.2) is 17.9 Å². The molecule has 0 aromatic carbocycles. The van der Waals surface area contributed by atoms with Gasteiger partial charge < -0.3 is 28.4 Å². The first kappa shape index (κ1) is 35.1. The van der Waals surface area contributed by atoms with Crippen LogP contribution in [0, 0.1) is 23.7 Å². The Balaban J connectivity index is 1.94. The highest BCUT2D eigenvalue weighted by Gasteiger charge is 2.41. The predicted molar refractivity (Wildman–Crippen MR) is 163 cm³/mol. The van der Waals surface area contributed by atoms with Gasteiger partial charge in [-0.2, -0.15) is 0 Å². The summed E-state index contributed by atoms with van der Waals surface area (Å²) >= 11 is 0. The molecule has 0 N–H and O–H groups in total. The van der Waals surface area contributed by atoms with E-state index >= 15 is 0 Å². The van der Waals surface area contributed by atoms with Crippen molar-refractivity contribution < 1.29 is 33.3 Å². The summed E-state index contributed by atoms with van der Waals surface area (Å²) in [6, 6.07) is 0.286. The zero-order valence-corrected chi connectivity index (χ0v) is 27.7. The molecular formula is C33H53N3O7. The van der Waals surface area contributed by atoms with Crippen LogP contribution in [0.1, 0.15) is 87.3 Å². The lowest BCUT2D eigenvalue weighted by Crippen LogP contribution is -2.47. The average molecular weight is 604 g/mol. The molecule has 1 aromatic rings. The molecule has 242 valence electrons. The standard InChI is InChI=1S/C33H53N3O7/c1-11-27-28(41-25(8)36-13-12-34-18-36)15-20(3)30(37)19(2)14-21(4)32(23(6)31(38)24(7)33(39)42-27)43-29-17-26(35(9)10)16-22(5)40-29/h12-13,15,18-19,21-29,32H,11,14,16-17H2,1-10H3/b20-15+/t19-,21+,22-,23+,24-,25?,26+,27-,28+,29+,32+/m1/s1. The van der Waals surface area contributed by atoms with Crippen LogP contribution in [0.5, 0.6) is 0 Å². The molecule has 1 unspecified atom stereocenters. The van der Waals surface area contributed by atoms with Crippen LogP contribution in [-0.2, 0) is 33.3 Å².